The molecule has 1 heterocycles. The van der Waals surface area contributed by atoms with Gasteiger partial charge >= 0.3 is 0 Å². The summed E-state index contributed by atoms with van der Waals surface area (Å²) in [4.78, 5) is 2.15. The lowest BCUT2D eigenvalue weighted by Crippen LogP contribution is -2.83. The van der Waals surface area contributed by atoms with E-state index in [9.17, 15) is 0 Å². The van der Waals surface area contributed by atoms with Gasteiger partial charge in [-0.05, 0) is 43.4 Å². The fourth-order valence-corrected chi connectivity index (χ4v) is 4.50. The van der Waals surface area contributed by atoms with Crippen LogP contribution in [0, 0.1) is 12.8 Å². The smallest absolute Gasteiger partial charge is 0.101 e. The molecule has 0 spiro atoms. The maximum Gasteiger partial charge on any atom is 0.101 e. The molecule has 0 aromatic heterocycles. The van der Waals surface area contributed by atoms with E-state index in [1.54, 1.807) is 0 Å². The van der Waals surface area contributed by atoms with Gasteiger partial charge in [0.2, 0.25) is 0 Å². The minimum absolute atomic E-state index is 0.242. The molecule has 0 aliphatic carbocycles. The molecule has 1 aliphatic rings. The van der Waals surface area contributed by atoms with Crippen LogP contribution < -0.4 is 10.2 Å². The van der Waals surface area contributed by atoms with Crippen molar-refractivity contribution in [3.8, 4) is 0 Å². The highest BCUT2D eigenvalue weighted by molar-refractivity contribution is 5.45. The first-order valence-corrected chi connectivity index (χ1v) is 11.2. The van der Waals surface area contributed by atoms with Gasteiger partial charge in [0, 0.05) is 43.8 Å². The Hall–Kier alpha value is -1.84. The van der Waals surface area contributed by atoms with Gasteiger partial charge in [0.25, 0.3) is 0 Å². The minimum atomic E-state index is 0.242. The Labute approximate surface area is 177 Å². The number of nitrogens with two attached hydrogens (primary N) is 1. The Morgan fingerprint density at radius 2 is 1.76 bits per heavy atom. The van der Waals surface area contributed by atoms with Crippen LogP contribution in [0.5, 0.6) is 0 Å². The molecule has 0 amide bonds. The highest BCUT2D eigenvalue weighted by Crippen LogP contribution is 2.41. The molecule has 2 atom stereocenters. The molecule has 29 heavy (non-hydrogen) atoms. The summed E-state index contributed by atoms with van der Waals surface area (Å²) in [5.41, 5.74) is 5.73. The Kier molecular flexibility index (Phi) is 7.37. The summed E-state index contributed by atoms with van der Waals surface area (Å²) in [5, 5.41) is 2.47. The Morgan fingerprint density at radius 3 is 2.38 bits per heavy atom. The Bertz CT molecular complexity index is 751. The van der Waals surface area contributed by atoms with Crippen molar-refractivity contribution >= 4 is 5.69 Å². The summed E-state index contributed by atoms with van der Waals surface area (Å²) in [6.07, 6.45) is 3.84. The van der Waals surface area contributed by atoms with E-state index in [0.717, 1.165) is 32.5 Å². The lowest BCUT2D eigenvalue weighted by atomic mass is 9.68. The second-order valence-electron chi connectivity index (χ2n) is 9.35. The largest absolute Gasteiger partial charge is 0.378 e. The van der Waals surface area contributed by atoms with Crippen molar-refractivity contribution in [1.82, 2.24) is 0 Å². The number of rotatable bonds is 8. The molecule has 1 saturated heterocycles. The number of benzene rings is 2. The van der Waals surface area contributed by atoms with Gasteiger partial charge < -0.3 is 15.0 Å². The third-order valence-corrected chi connectivity index (χ3v) is 6.57. The van der Waals surface area contributed by atoms with E-state index < -0.39 is 0 Å². The van der Waals surface area contributed by atoms with Crippen molar-refractivity contribution in [2.45, 2.75) is 58.1 Å². The topological polar surface area (TPSA) is 29.1 Å². The lowest BCUT2D eigenvalue weighted by Gasteiger charge is -2.42. The summed E-state index contributed by atoms with van der Waals surface area (Å²) >= 11 is 0. The molecule has 2 N–H and O–H groups in total. The van der Waals surface area contributed by atoms with Gasteiger partial charge in [-0.25, -0.2) is 0 Å². The number of anilines is 1. The monoisotopic (exact) mass is 395 g/mol. The number of nitrogens with zero attached hydrogens (tertiary/aromatic N) is 1. The summed E-state index contributed by atoms with van der Waals surface area (Å²) in [6, 6.07) is 18.2. The van der Waals surface area contributed by atoms with Gasteiger partial charge in [-0.1, -0.05) is 55.8 Å². The third kappa shape index (κ3) is 5.61. The SMILES string of the molecule is Cc1ccc([C@]2(CC[NH2+]Cc3ccc(N(C)C)cc3)CCO[C@H](C(C)C)C2)cc1. The molecule has 1 aliphatic heterocycles. The van der Waals surface area contributed by atoms with Gasteiger partial charge in [-0.3, -0.25) is 0 Å². The van der Waals surface area contributed by atoms with Crippen molar-refractivity contribution in [1.29, 1.82) is 0 Å². The highest BCUT2D eigenvalue weighted by Gasteiger charge is 2.39. The number of hydrogen-bond donors (Lipinski definition) is 1. The first kappa shape index (κ1) is 21.9. The predicted molar refractivity (Wildman–Crippen MR) is 123 cm³/mol. The molecule has 1 fully saturated rings. The second kappa shape index (κ2) is 9.77. The van der Waals surface area contributed by atoms with Crippen molar-refractivity contribution < 1.29 is 10.1 Å². The lowest BCUT2D eigenvalue weighted by molar-refractivity contribution is -0.671. The Balaban J connectivity index is 1.65. The van der Waals surface area contributed by atoms with Gasteiger partial charge in [-0.2, -0.15) is 0 Å². The zero-order valence-corrected chi connectivity index (χ0v) is 18.9. The van der Waals surface area contributed by atoms with E-state index in [-0.39, 0.29) is 5.41 Å². The maximum atomic E-state index is 6.13. The van der Waals surface area contributed by atoms with Crippen LogP contribution in [-0.4, -0.2) is 33.4 Å². The van der Waals surface area contributed by atoms with E-state index in [0.29, 0.717) is 12.0 Å². The fourth-order valence-electron chi connectivity index (χ4n) is 4.50. The van der Waals surface area contributed by atoms with E-state index >= 15 is 0 Å². The summed E-state index contributed by atoms with van der Waals surface area (Å²) in [6.45, 7) is 9.82. The standard InChI is InChI=1S/C26H38N2O/c1-20(2)25-18-26(15-17-29-25,23-10-6-21(3)7-11-23)14-16-27-19-22-8-12-24(13-9-22)28(4)5/h6-13,20,25,27H,14-19H2,1-5H3/p+1/t25-,26+/m0/s1. The van der Waals surface area contributed by atoms with Crippen molar-refractivity contribution in [2.24, 2.45) is 5.92 Å². The second-order valence-corrected chi connectivity index (χ2v) is 9.35. The number of quaternary nitrogens is 1. The van der Waals surface area contributed by atoms with Crippen molar-refractivity contribution in [3.05, 3.63) is 65.2 Å². The van der Waals surface area contributed by atoms with Crippen LogP contribution in [0.2, 0.25) is 0 Å². The van der Waals surface area contributed by atoms with Crippen LogP contribution in [-0.2, 0) is 16.7 Å². The van der Waals surface area contributed by atoms with E-state index in [4.69, 9.17) is 4.74 Å². The highest BCUT2D eigenvalue weighted by atomic mass is 16.5. The predicted octanol–water partition coefficient (Wildman–Crippen LogP) is 4.29. The van der Waals surface area contributed by atoms with Crippen LogP contribution in [0.3, 0.4) is 0 Å². The van der Waals surface area contributed by atoms with Crippen LogP contribution in [0.25, 0.3) is 0 Å². The van der Waals surface area contributed by atoms with Crippen LogP contribution in [0.1, 0.15) is 49.8 Å². The molecule has 0 saturated carbocycles. The average molecular weight is 396 g/mol. The fraction of sp³-hybridized carbons (Fsp3) is 0.538. The molecule has 3 rings (SSSR count). The summed E-state index contributed by atoms with van der Waals surface area (Å²) in [5.74, 6) is 0.569. The Morgan fingerprint density at radius 1 is 1.07 bits per heavy atom. The summed E-state index contributed by atoms with van der Waals surface area (Å²) < 4.78 is 6.13. The quantitative estimate of drug-likeness (QED) is 0.676. The van der Waals surface area contributed by atoms with E-state index in [1.165, 1.54) is 28.8 Å². The van der Waals surface area contributed by atoms with E-state index in [2.05, 4.69) is 93.6 Å². The van der Waals surface area contributed by atoms with Crippen molar-refractivity contribution in [2.75, 3.05) is 32.1 Å². The normalized spacial score (nSPS) is 22.1. The molecule has 3 nitrogen and oxygen atoms in total. The average Bonchev–Trinajstić information content (AvgIpc) is 2.72. The molecule has 0 radical (unpaired) electrons. The van der Waals surface area contributed by atoms with E-state index in [1.807, 2.05) is 0 Å². The van der Waals surface area contributed by atoms with Gasteiger partial charge in [0.15, 0.2) is 0 Å². The molecular formula is C26H39N2O+. The third-order valence-electron chi connectivity index (χ3n) is 6.57. The van der Waals surface area contributed by atoms with Gasteiger partial charge in [-0.15, -0.1) is 0 Å². The minimum Gasteiger partial charge on any atom is -0.378 e. The zero-order chi connectivity index (χ0) is 20.9. The van der Waals surface area contributed by atoms with Crippen LogP contribution >= 0.6 is 0 Å². The number of ether oxygens (including phenoxy) is 1. The molecule has 2 aromatic rings. The summed E-state index contributed by atoms with van der Waals surface area (Å²) in [7, 11) is 4.17. The van der Waals surface area contributed by atoms with Crippen molar-refractivity contribution in [3.63, 3.8) is 0 Å². The van der Waals surface area contributed by atoms with Gasteiger partial charge in [0.05, 0.1) is 12.6 Å². The maximum absolute atomic E-state index is 6.13. The molecule has 3 heteroatoms. The molecule has 0 unspecified atom stereocenters. The first-order valence-electron chi connectivity index (χ1n) is 11.2. The number of hydrogen-bond acceptors (Lipinski definition) is 2. The molecule has 158 valence electrons. The molecule has 2 aromatic carbocycles. The first-order chi connectivity index (χ1) is 13.9. The zero-order valence-electron chi connectivity index (χ0n) is 18.9. The van der Waals surface area contributed by atoms with Crippen LogP contribution in [0.15, 0.2) is 48.5 Å². The van der Waals surface area contributed by atoms with Crippen LogP contribution in [0.4, 0.5) is 5.69 Å². The molecular weight excluding hydrogens is 356 g/mol. The molecule has 0 bridgehead atoms. The van der Waals surface area contributed by atoms with Gasteiger partial charge in [0.1, 0.15) is 6.54 Å². The number of aryl methyl sites for hydroxylation is 1.